The molecule has 16 heavy (non-hydrogen) atoms. The van der Waals surface area contributed by atoms with Crippen molar-refractivity contribution < 1.29 is 9.47 Å². The monoisotopic (exact) mass is 224 g/mol. The summed E-state index contributed by atoms with van der Waals surface area (Å²) < 4.78 is 11.9. The highest BCUT2D eigenvalue weighted by Gasteiger charge is 2.35. The fourth-order valence-electron chi connectivity index (χ4n) is 2.74. The van der Waals surface area contributed by atoms with Crippen LogP contribution in [0.25, 0.3) is 0 Å². The predicted molar refractivity (Wildman–Crippen MR) is 65.2 cm³/mol. The third-order valence-electron chi connectivity index (χ3n) is 3.74. The van der Waals surface area contributed by atoms with E-state index in [1.807, 2.05) is 0 Å². The zero-order chi connectivity index (χ0) is 11.4. The van der Waals surface area contributed by atoms with E-state index >= 15 is 0 Å². The molecule has 0 saturated carbocycles. The number of hydrogen-bond donors (Lipinski definition) is 0. The highest BCUT2D eigenvalue weighted by Crippen LogP contribution is 2.34. The summed E-state index contributed by atoms with van der Waals surface area (Å²) in [4.78, 5) is 0. The highest BCUT2D eigenvalue weighted by atomic mass is 16.7. The van der Waals surface area contributed by atoms with Gasteiger partial charge in [-0.05, 0) is 25.7 Å². The number of rotatable bonds is 3. The molecule has 0 aromatic heterocycles. The molecule has 0 N–H and O–H groups in total. The van der Waals surface area contributed by atoms with E-state index in [0.29, 0.717) is 5.92 Å². The van der Waals surface area contributed by atoms with E-state index in [9.17, 15) is 0 Å². The molecule has 0 unspecified atom stereocenters. The number of ether oxygens (including phenoxy) is 2. The van der Waals surface area contributed by atoms with Crippen LogP contribution in [0.5, 0.6) is 0 Å². The van der Waals surface area contributed by atoms with Gasteiger partial charge in [0.2, 0.25) is 0 Å². The summed E-state index contributed by atoms with van der Waals surface area (Å²) in [5, 5.41) is 0. The summed E-state index contributed by atoms with van der Waals surface area (Å²) in [5.41, 5.74) is 0.246. The Labute approximate surface area is 99.0 Å². The van der Waals surface area contributed by atoms with Crippen LogP contribution in [-0.4, -0.2) is 19.5 Å². The second kappa shape index (κ2) is 5.33. The third-order valence-corrected chi connectivity index (χ3v) is 3.74. The van der Waals surface area contributed by atoms with Crippen molar-refractivity contribution in [2.75, 3.05) is 13.2 Å². The SMILES string of the molecule is CCCC1(C)COC([C@@H]2CC=CCC2)OC1. The average molecular weight is 224 g/mol. The van der Waals surface area contributed by atoms with Gasteiger partial charge in [0.1, 0.15) is 0 Å². The average Bonchev–Trinajstić information content (AvgIpc) is 2.31. The first-order valence-electron chi connectivity index (χ1n) is 6.62. The molecular weight excluding hydrogens is 200 g/mol. The van der Waals surface area contributed by atoms with Crippen molar-refractivity contribution >= 4 is 0 Å². The van der Waals surface area contributed by atoms with E-state index in [0.717, 1.165) is 19.6 Å². The lowest BCUT2D eigenvalue weighted by Gasteiger charge is -2.40. The lowest BCUT2D eigenvalue weighted by atomic mass is 9.86. The van der Waals surface area contributed by atoms with Crippen molar-refractivity contribution in [2.45, 2.75) is 52.2 Å². The van der Waals surface area contributed by atoms with Crippen molar-refractivity contribution in [2.24, 2.45) is 11.3 Å². The molecule has 0 bridgehead atoms. The van der Waals surface area contributed by atoms with Gasteiger partial charge >= 0.3 is 0 Å². The Hall–Kier alpha value is -0.340. The third kappa shape index (κ3) is 2.86. The van der Waals surface area contributed by atoms with Gasteiger partial charge in [0.15, 0.2) is 6.29 Å². The lowest BCUT2D eigenvalue weighted by Crippen LogP contribution is -2.43. The molecule has 0 aromatic rings. The van der Waals surface area contributed by atoms with E-state index < -0.39 is 0 Å². The van der Waals surface area contributed by atoms with E-state index in [2.05, 4.69) is 26.0 Å². The number of hydrogen-bond acceptors (Lipinski definition) is 2. The molecule has 1 fully saturated rings. The van der Waals surface area contributed by atoms with Gasteiger partial charge in [-0.15, -0.1) is 0 Å². The summed E-state index contributed by atoms with van der Waals surface area (Å²) in [5.74, 6) is 0.580. The standard InChI is InChI=1S/C14H24O2/c1-3-9-14(2)10-15-13(16-11-14)12-7-5-4-6-8-12/h4-5,12-13H,3,6-11H2,1-2H3/t12-,13?,14?/m1/s1. The summed E-state index contributed by atoms with van der Waals surface area (Å²) in [7, 11) is 0. The highest BCUT2D eigenvalue weighted by molar-refractivity contribution is 4.92. The first-order valence-corrected chi connectivity index (χ1v) is 6.62. The molecule has 1 saturated heterocycles. The molecule has 1 aliphatic carbocycles. The summed E-state index contributed by atoms with van der Waals surface area (Å²) in [6.45, 7) is 6.23. The van der Waals surface area contributed by atoms with Crippen LogP contribution >= 0.6 is 0 Å². The normalized spacial score (nSPS) is 39.9. The Bertz CT molecular complexity index is 239. The first-order chi connectivity index (χ1) is 7.73. The second-order valence-electron chi connectivity index (χ2n) is 5.60. The molecule has 0 amide bonds. The fourth-order valence-corrected chi connectivity index (χ4v) is 2.74. The Kier molecular flexibility index (Phi) is 4.04. The predicted octanol–water partition coefficient (Wildman–Crippen LogP) is 3.52. The number of allylic oxidation sites excluding steroid dienone is 2. The molecule has 1 heterocycles. The summed E-state index contributed by atoms with van der Waals surface area (Å²) in [6.07, 6.45) is 10.5. The maximum absolute atomic E-state index is 5.93. The molecule has 0 aromatic carbocycles. The molecule has 2 aliphatic rings. The largest absolute Gasteiger partial charge is 0.352 e. The maximum atomic E-state index is 5.93. The molecule has 92 valence electrons. The fraction of sp³-hybridized carbons (Fsp3) is 0.857. The molecule has 2 nitrogen and oxygen atoms in total. The Balaban J connectivity index is 1.82. The van der Waals surface area contributed by atoms with Gasteiger partial charge in [0.05, 0.1) is 13.2 Å². The van der Waals surface area contributed by atoms with Crippen LogP contribution in [0.15, 0.2) is 12.2 Å². The quantitative estimate of drug-likeness (QED) is 0.683. The van der Waals surface area contributed by atoms with E-state index in [4.69, 9.17) is 9.47 Å². The molecule has 2 heteroatoms. The van der Waals surface area contributed by atoms with Crippen LogP contribution in [0, 0.1) is 11.3 Å². The van der Waals surface area contributed by atoms with Crippen molar-refractivity contribution in [3.05, 3.63) is 12.2 Å². The molecule has 0 radical (unpaired) electrons. The van der Waals surface area contributed by atoms with Crippen LogP contribution in [-0.2, 0) is 9.47 Å². The van der Waals surface area contributed by atoms with Crippen molar-refractivity contribution in [3.63, 3.8) is 0 Å². The summed E-state index contributed by atoms with van der Waals surface area (Å²) in [6, 6.07) is 0. The topological polar surface area (TPSA) is 18.5 Å². The minimum absolute atomic E-state index is 0.0508. The zero-order valence-electron chi connectivity index (χ0n) is 10.6. The minimum Gasteiger partial charge on any atom is -0.352 e. The van der Waals surface area contributed by atoms with Gasteiger partial charge in [-0.3, -0.25) is 0 Å². The van der Waals surface area contributed by atoms with E-state index in [-0.39, 0.29) is 11.7 Å². The Morgan fingerprint density at radius 1 is 1.25 bits per heavy atom. The van der Waals surface area contributed by atoms with Crippen LogP contribution in [0.2, 0.25) is 0 Å². The zero-order valence-corrected chi connectivity index (χ0v) is 10.6. The maximum Gasteiger partial charge on any atom is 0.160 e. The minimum atomic E-state index is 0.0508. The van der Waals surface area contributed by atoms with E-state index in [1.54, 1.807) is 0 Å². The molecule has 2 rings (SSSR count). The van der Waals surface area contributed by atoms with Gasteiger partial charge < -0.3 is 9.47 Å². The van der Waals surface area contributed by atoms with Crippen LogP contribution in [0.4, 0.5) is 0 Å². The van der Waals surface area contributed by atoms with Crippen LogP contribution < -0.4 is 0 Å². The van der Waals surface area contributed by atoms with Gasteiger partial charge in [0.25, 0.3) is 0 Å². The smallest absolute Gasteiger partial charge is 0.160 e. The van der Waals surface area contributed by atoms with E-state index in [1.165, 1.54) is 25.7 Å². The van der Waals surface area contributed by atoms with Crippen LogP contribution in [0.3, 0.4) is 0 Å². The van der Waals surface area contributed by atoms with Crippen molar-refractivity contribution in [3.8, 4) is 0 Å². The lowest BCUT2D eigenvalue weighted by molar-refractivity contribution is -0.248. The van der Waals surface area contributed by atoms with Crippen molar-refractivity contribution in [1.29, 1.82) is 0 Å². The van der Waals surface area contributed by atoms with Crippen LogP contribution in [0.1, 0.15) is 46.0 Å². The molecule has 1 atom stereocenters. The van der Waals surface area contributed by atoms with Gasteiger partial charge in [-0.25, -0.2) is 0 Å². The molecular formula is C14H24O2. The van der Waals surface area contributed by atoms with Gasteiger partial charge in [-0.1, -0.05) is 32.4 Å². The molecule has 1 aliphatic heterocycles. The first kappa shape index (κ1) is 12.1. The van der Waals surface area contributed by atoms with Gasteiger partial charge in [0, 0.05) is 11.3 Å². The molecule has 0 spiro atoms. The summed E-state index contributed by atoms with van der Waals surface area (Å²) >= 11 is 0. The van der Waals surface area contributed by atoms with Crippen molar-refractivity contribution in [1.82, 2.24) is 0 Å². The van der Waals surface area contributed by atoms with Gasteiger partial charge in [-0.2, -0.15) is 0 Å². The second-order valence-corrected chi connectivity index (χ2v) is 5.60. The Morgan fingerprint density at radius 3 is 2.56 bits per heavy atom. The Morgan fingerprint density at radius 2 is 2.00 bits per heavy atom.